The summed E-state index contributed by atoms with van der Waals surface area (Å²) in [4.78, 5) is 12.2. The van der Waals surface area contributed by atoms with Crippen LogP contribution in [0.25, 0.3) is 11.4 Å². The Hall–Kier alpha value is -2.51. The highest BCUT2D eigenvalue weighted by Crippen LogP contribution is 2.23. The monoisotopic (exact) mass is 387 g/mol. The zero-order chi connectivity index (χ0) is 18.5. The van der Waals surface area contributed by atoms with Crippen molar-refractivity contribution in [3.8, 4) is 11.4 Å². The standard InChI is InChI=1S/C18H18ClN5OS/c1-12(13-5-3-2-4-6-13)21-16(25)11-26-18-23-22-17(24(18)20)14-7-9-15(19)10-8-14/h2-10,12H,11,20H2,1H3,(H,21,25)/t12-/m0/s1. The fraction of sp³-hybridized carbons (Fsp3) is 0.167. The molecule has 0 unspecified atom stereocenters. The molecule has 0 saturated heterocycles. The number of nitrogens with one attached hydrogen (secondary N) is 1. The van der Waals surface area contributed by atoms with Crippen LogP contribution in [0.2, 0.25) is 5.02 Å². The molecule has 134 valence electrons. The lowest BCUT2D eigenvalue weighted by molar-refractivity contribution is -0.119. The first-order chi connectivity index (χ1) is 12.5. The van der Waals surface area contributed by atoms with E-state index in [2.05, 4.69) is 15.5 Å². The Morgan fingerprint density at radius 1 is 1.19 bits per heavy atom. The number of hydrogen-bond donors (Lipinski definition) is 2. The van der Waals surface area contributed by atoms with Crippen molar-refractivity contribution in [2.75, 3.05) is 11.6 Å². The number of thioether (sulfide) groups is 1. The smallest absolute Gasteiger partial charge is 0.230 e. The minimum absolute atomic E-state index is 0.0651. The number of benzene rings is 2. The molecule has 0 radical (unpaired) electrons. The van der Waals surface area contributed by atoms with Gasteiger partial charge in [0.15, 0.2) is 5.82 Å². The SMILES string of the molecule is C[C@H](NC(=O)CSc1nnc(-c2ccc(Cl)cc2)n1N)c1ccccc1. The maximum absolute atomic E-state index is 12.2. The Kier molecular flexibility index (Phi) is 5.80. The summed E-state index contributed by atoms with van der Waals surface area (Å²) in [5.74, 6) is 6.68. The van der Waals surface area contributed by atoms with Gasteiger partial charge >= 0.3 is 0 Å². The minimum atomic E-state index is -0.0950. The van der Waals surface area contributed by atoms with E-state index in [1.165, 1.54) is 16.4 Å². The molecule has 0 aliphatic heterocycles. The lowest BCUT2D eigenvalue weighted by atomic mass is 10.1. The Morgan fingerprint density at radius 2 is 1.88 bits per heavy atom. The normalized spacial score (nSPS) is 11.9. The number of carbonyl (C=O) groups excluding carboxylic acids is 1. The van der Waals surface area contributed by atoms with Gasteiger partial charge < -0.3 is 11.2 Å². The number of nitrogens with zero attached hydrogens (tertiary/aromatic N) is 3. The number of carbonyl (C=O) groups is 1. The molecule has 0 aliphatic carbocycles. The van der Waals surface area contributed by atoms with E-state index in [4.69, 9.17) is 17.4 Å². The fourth-order valence-corrected chi connectivity index (χ4v) is 3.20. The van der Waals surface area contributed by atoms with Crippen LogP contribution in [0.3, 0.4) is 0 Å². The Morgan fingerprint density at radius 3 is 2.58 bits per heavy atom. The van der Waals surface area contributed by atoms with Crippen molar-refractivity contribution in [2.45, 2.75) is 18.1 Å². The summed E-state index contributed by atoms with van der Waals surface area (Å²) < 4.78 is 1.38. The molecule has 3 aromatic rings. The van der Waals surface area contributed by atoms with Gasteiger partial charge in [-0.15, -0.1) is 10.2 Å². The Balaban J connectivity index is 1.60. The van der Waals surface area contributed by atoms with Gasteiger partial charge in [0.05, 0.1) is 11.8 Å². The van der Waals surface area contributed by atoms with Gasteiger partial charge in [-0.05, 0) is 36.8 Å². The maximum atomic E-state index is 12.2. The van der Waals surface area contributed by atoms with E-state index in [0.717, 1.165) is 11.1 Å². The lowest BCUT2D eigenvalue weighted by Gasteiger charge is -2.13. The van der Waals surface area contributed by atoms with Crippen molar-refractivity contribution < 1.29 is 4.79 Å². The van der Waals surface area contributed by atoms with E-state index in [0.29, 0.717) is 16.0 Å². The van der Waals surface area contributed by atoms with Crippen molar-refractivity contribution in [3.05, 3.63) is 65.2 Å². The molecule has 1 heterocycles. The average molecular weight is 388 g/mol. The lowest BCUT2D eigenvalue weighted by Crippen LogP contribution is -2.28. The molecule has 2 aromatic carbocycles. The van der Waals surface area contributed by atoms with Crippen LogP contribution in [-0.2, 0) is 4.79 Å². The van der Waals surface area contributed by atoms with E-state index in [1.54, 1.807) is 12.1 Å². The molecular formula is C18H18ClN5OS. The molecule has 26 heavy (non-hydrogen) atoms. The van der Waals surface area contributed by atoms with Crippen LogP contribution in [0.15, 0.2) is 59.8 Å². The number of rotatable bonds is 6. The van der Waals surface area contributed by atoms with E-state index in [-0.39, 0.29) is 17.7 Å². The van der Waals surface area contributed by atoms with Crippen molar-refractivity contribution in [1.82, 2.24) is 20.2 Å². The summed E-state index contributed by atoms with van der Waals surface area (Å²) in [6.45, 7) is 1.95. The molecule has 8 heteroatoms. The van der Waals surface area contributed by atoms with E-state index >= 15 is 0 Å². The van der Waals surface area contributed by atoms with E-state index < -0.39 is 0 Å². The molecular weight excluding hydrogens is 370 g/mol. The van der Waals surface area contributed by atoms with Gasteiger partial charge in [0.1, 0.15) is 0 Å². The van der Waals surface area contributed by atoms with Crippen molar-refractivity contribution in [2.24, 2.45) is 0 Å². The third kappa shape index (κ3) is 4.36. The highest BCUT2D eigenvalue weighted by atomic mass is 35.5. The zero-order valence-corrected chi connectivity index (χ0v) is 15.7. The summed E-state index contributed by atoms with van der Waals surface area (Å²) in [6.07, 6.45) is 0. The topological polar surface area (TPSA) is 85.8 Å². The third-order valence-corrected chi connectivity index (χ3v) is 4.97. The molecule has 1 amide bonds. The molecule has 1 atom stereocenters. The molecule has 0 spiro atoms. The second-order valence-electron chi connectivity index (χ2n) is 5.67. The van der Waals surface area contributed by atoms with Gasteiger partial charge in [-0.3, -0.25) is 4.79 Å². The van der Waals surface area contributed by atoms with E-state index in [9.17, 15) is 4.79 Å². The molecule has 0 saturated carbocycles. The summed E-state index contributed by atoms with van der Waals surface area (Å²) in [5.41, 5.74) is 1.86. The van der Waals surface area contributed by atoms with Crippen molar-refractivity contribution in [3.63, 3.8) is 0 Å². The van der Waals surface area contributed by atoms with Crippen LogP contribution in [0.4, 0.5) is 0 Å². The number of hydrogen-bond acceptors (Lipinski definition) is 5. The summed E-state index contributed by atoms with van der Waals surface area (Å²) in [7, 11) is 0. The maximum Gasteiger partial charge on any atom is 0.230 e. The summed E-state index contributed by atoms with van der Waals surface area (Å²) >= 11 is 7.13. The van der Waals surface area contributed by atoms with Crippen LogP contribution in [0.1, 0.15) is 18.5 Å². The van der Waals surface area contributed by atoms with Gasteiger partial charge in [0.2, 0.25) is 11.1 Å². The molecule has 6 nitrogen and oxygen atoms in total. The number of nitrogens with two attached hydrogens (primary N) is 1. The van der Waals surface area contributed by atoms with Crippen LogP contribution >= 0.6 is 23.4 Å². The predicted octanol–water partition coefficient (Wildman–Crippen LogP) is 3.28. The zero-order valence-electron chi connectivity index (χ0n) is 14.1. The van der Waals surface area contributed by atoms with Gasteiger partial charge in [-0.25, -0.2) is 4.68 Å². The first kappa shape index (κ1) is 18.3. The molecule has 3 rings (SSSR count). The predicted molar refractivity (Wildman–Crippen MR) is 104 cm³/mol. The highest BCUT2D eigenvalue weighted by Gasteiger charge is 2.15. The Labute approximate surface area is 160 Å². The second kappa shape index (κ2) is 8.25. The van der Waals surface area contributed by atoms with Gasteiger partial charge in [0, 0.05) is 10.6 Å². The van der Waals surface area contributed by atoms with Crippen molar-refractivity contribution >= 4 is 29.3 Å². The van der Waals surface area contributed by atoms with Gasteiger partial charge in [-0.2, -0.15) is 0 Å². The Bertz CT molecular complexity index is 882. The third-order valence-electron chi connectivity index (χ3n) is 3.78. The number of halogens is 1. The first-order valence-electron chi connectivity index (χ1n) is 7.98. The minimum Gasteiger partial charge on any atom is -0.349 e. The molecule has 0 aliphatic rings. The number of amides is 1. The summed E-state index contributed by atoms with van der Waals surface area (Å²) in [6, 6.07) is 16.9. The fourth-order valence-electron chi connectivity index (χ4n) is 2.41. The van der Waals surface area contributed by atoms with Crippen molar-refractivity contribution in [1.29, 1.82) is 0 Å². The van der Waals surface area contributed by atoms with Crippen LogP contribution < -0.4 is 11.2 Å². The van der Waals surface area contributed by atoms with Gasteiger partial charge in [-0.1, -0.05) is 53.7 Å². The largest absolute Gasteiger partial charge is 0.349 e. The number of nitrogen functional groups attached to an aromatic ring is 1. The van der Waals surface area contributed by atoms with Crippen LogP contribution in [0, 0.1) is 0 Å². The van der Waals surface area contributed by atoms with Gasteiger partial charge in [0.25, 0.3) is 0 Å². The molecule has 0 bridgehead atoms. The second-order valence-corrected chi connectivity index (χ2v) is 7.05. The molecule has 1 aromatic heterocycles. The quantitative estimate of drug-likeness (QED) is 0.500. The van der Waals surface area contributed by atoms with Crippen LogP contribution in [0.5, 0.6) is 0 Å². The average Bonchev–Trinajstić information content (AvgIpc) is 3.02. The summed E-state index contributed by atoms with van der Waals surface area (Å²) in [5, 5.41) is 12.2. The van der Waals surface area contributed by atoms with E-state index in [1.807, 2.05) is 49.4 Å². The number of aromatic nitrogens is 3. The highest BCUT2D eigenvalue weighted by molar-refractivity contribution is 7.99. The molecule has 0 fully saturated rings. The first-order valence-corrected chi connectivity index (χ1v) is 9.34. The van der Waals surface area contributed by atoms with Crippen LogP contribution in [-0.4, -0.2) is 26.5 Å². The molecule has 3 N–H and O–H groups in total.